The van der Waals surface area contributed by atoms with Gasteiger partial charge in [-0.2, -0.15) is 0 Å². The SMILES string of the molecule is C#CCCOC(=O)C[C@@H](C)CC. The summed E-state index contributed by atoms with van der Waals surface area (Å²) in [5, 5.41) is 0. The quantitative estimate of drug-likeness (QED) is 0.356. The predicted molar refractivity (Wildman–Crippen MR) is 48.5 cm³/mol. The lowest BCUT2D eigenvalue weighted by atomic mass is 10.1. The van der Waals surface area contributed by atoms with E-state index in [-0.39, 0.29) is 5.97 Å². The molecule has 0 heterocycles. The van der Waals surface area contributed by atoms with Crippen LogP contribution in [-0.2, 0) is 9.53 Å². The van der Waals surface area contributed by atoms with E-state index in [9.17, 15) is 4.79 Å². The molecule has 0 bridgehead atoms. The highest BCUT2D eigenvalue weighted by molar-refractivity contribution is 5.69. The van der Waals surface area contributed by atoms with Crippen LogP contribution in [0.25, 0.3) is 0 Å². The van der Waals surface area contributed by atoms with E-state index in [0.717, 1.165) is 6.42 Å². The first kappa shape index (κ1) is 11.0. The van der Waals surface area contributed by atoms with Crippen molar-refractivity contribution < 1.29 is 9.53 Å². The topological polar surface area (TPSA) is 26.3 Å². The minimum atomic E-state index is -0.139. The van der Waals surface area contributed by atoms with Crippen LogP contribution in [0, 0.1) is 18.3 Å². The predicted octanol–water partition coefficient (Wildman–Crippen LogP) is 1.99. The molecule has 0 aromatic carbocycles. The molecular formula is C10H16O2. The van der Waals surface area contributed by atoms with Gasteiger partial charge in [-0.05, 0) is 5.92 Å². The van der Waals surface area contributed by atoms with E-state index < -0.39 is 0 Å². The van der Waals surface area contributed by atoms with Gasteiger partial charge in [0.1, 0.15) is 6.61 Å². The number of carbonyl (C=O) groups is 1. The van der Waals surface area contributed by atoms with Gasteiger partial charge in [-0.15, -0.1) is 12.3 Å². The highest BCUT2D eigenvalue weighted by Gasteiger charge is 2.07. The Bertz CT molecular complexity index is 167. The zero-order valence-corrected chi connectivity index (χ0v) is 7.80. The molecule has 1 atom stereocenters. The average molecular weight is 168 g/mol. The third-order valence-electron chi connectivity index (χ3n) is 1.72. The number of carbonyl (C=O) groups excluding carboxylic acids is 1. The van der Waals surface area contributed by atoms with Crippen molar-refractivity contribution in [3.8, 4) is 12.3 Å². The maximum Gasteiger partial charge on any atom is 0.306 e. The van der Waals surface area contributed by atoms with Crippen molar-refractivity contribution in [1.82, 2.24) is 0 Å². The van der Waals surface area contributed by atoms with Crippen molar-refractivity contribution in [3.05, 3.63) is 0 Å². The van der Waals surface area contributed by atoms with Crippen LogP contribution in [0.4, 0.5) is 0 Å². The van der Waals surface area contributed by atoms with Gasteiger partial charge in [0.15, 0.2) is 0 Å². The van der Waals surface area contributed by atoms with E-state index in [4.69, 9.17) is 11.2 Å². The minimum Gasteiger partial charge on any atom is -0.465 e. The molecule has 0 saturated heterocycles. The second-order valence-electron chi connectivity index (χ2n) is 2.89. The van der Waals surface area contributed by atoms with Crippen LogP contribution in [0.2, 0.25) is 0 Å². The molecule has 0 saturated carbocycles. The van der Waals surface area contributed by atoms with Gasteiger partial charge in [-0.25, -0.2) is 0 Å². The van der Waals surface area contributed by atoms with E-state index in [2.05, 4.69) is 12.8 Å². The van der Waals surface area contributed by atoms with Crippen molar-refractivity contribution in [1.29, 1.82) is 0 Å². The number of hydrogen-bond acceptors (Lipinski definition) is 2. The molecule has 0 fully saturated rings. The summed E-state index contributed by atoms with van der Waals surface area (Å²) in [5.41, 5.74) is 0. The lowest BCUT2D eigenvalue weighted by Crippen LogP contribution is -2.09. The van der Waals surface area contributed by atoms with Crippen molar-refractivity contribution in [2.24, 2.45) is 5.92 Å². The van der Waals surface area contributed by atoms with Crippen molar-refractivity contribution in [2.75, 3.05) is 6.61 Å². The summed E-state index contributed by atoms with van der Waals surface area (Å²) in [6.07, 6.45) is 7.01. The monoisotopic (exact) mass is 168 g/mol. The molecule has 0 aromatic heterocycles. The fourth-order valence-electron chi connectivity index (χ4n) is 0.712. The standard InChI is InChI=1S/C10H16O2/c1-4-6-7-12-10(11)8-9(3)5-2/h1,9H,5-8H2,2-3H3/t9-/m0/s1. The molecule has 68 valence electrons. The molecule has 0 aliphatic heterocycles. The largest absolute Gasteiger partial charge is 0.465 e. The lowest BCUT2D eigenvalue weighted by molar-refractivity contribution is -0.144. The molecule has 0 aliphatic rings. The number of esters is 1. The Morgan fingerprint density at radius 3 is 2.83 bits per heavy atom. The number of rotatable bonds is 5. The van der Waals surface area contributed by atoms with Crippen molar-refractivity contribution in [2.45, 2.75) is 33.1 Å². The van der Waals surface area contributed by atoms with Gasteiger partial charge in [0.2, 0.25) is 0 Å². The number of hydrogen-bond donors (Lipinski definition) is 0. The molecule has 2 nitrogen and oxygen atoms in total. The maximum atomic E-state index is 11.0. The fourth-order valence-corrected chi connectivity index (χ4v) is 0.712. The van der Waals surface area contributed by atoms with Crippen LogP contribution >= 0.6 is 0 Å². The maximum absolute atomic E-state index is 11.0. The third kappa shape index (κ3) is 5.79. The summed E-state index contributed by atoms with van der Waals surface area (Å²) in [5.74, 6) is 2.68. The van der Waals surface area contributed by atoms with Gasteiger partial charge >= 0.3 is 5.97 Å². The first-order valence-corrected chi connectivity index (χ1v) is 4.29. The van der Waals surface area contributed by atoms with E-state index in [1.54, 1.807) is 0 Å². The van der Waals surface area contributed by atoms with Gasteiger partial charge in [-0.3, -0.25) is 4.79 Å². The van der Waals surface area contributed by atoms with Gasteiger partial charge in [0, 0.05) is 12.8 Å². The first-order valence-electron chi connectivity index (χ1n) is 4.29. The van der Waals surface area contributed by atoms with Crippen LogP contribution in [0.5, 0.6) is 0 Å². The minimum absolute atomic E-state index is 0.139. The molecule has 12 heavy (non-hydrogen) atoms. The van der Waals surface area contributed by atoms with Gasteiger partial charge in [-0.1, -0.05) is 20.3 Å². The zero-order valence-electron chi connectivity index (χ0n) is 7.80. The second-order valence-corrected chi connectivity index (χ2v) is 2.89. The molecular weight excluding hydrogens is 152 g/mol. The van der Waals surface area contributed by atoms with E-state index in [1.165, 1.54) is 0 Å². The molecule has 2 heteroatoms. The normalized spacial score (nSPS) is 11.8. The fraction of sp³-hybridized carbons (Fsp3) is 0.700. The molecule has 0 aromatic rings. The Kier molecular flexibility index (Phi) is 6.18. The van der Waals surface area contributed by atoms with E-state index in [1.807, 2.05) is 6.92 Å². The van der Waals surface area contributed by atoms with Crippen LogP contribution in [0.1, 0.15) is 33.1 Å². The first-order chi connectivity index (χ1) is 5.70. The molecule has 0 N–H and O–H groups in total. The summed E-state index contributed by atoms with van der Waals surface area (Å²) >= 11 is 0. The van der Waals surface area contributed by atoms with Gasteiger partial charge in [0.25, 0.3) is 0 Å². The van der Waals surface area contributed by atoms with Crippen LogP contribution in [0.15, 0.2) is 0 Å². The Morgan fingerprint density at radius 1 is 1.67 bits per heavy atom. The third-order valence-corrected chi connectivity index (χ3v) is 1.72. The number of terminal acetylenes is 1. The molecule has 0 rings (SSSR count). The molecule has 0 radical (unpaired) electrons. The highest BCUT2D eigenvalue weighted by Crippen LogP contribution is 2.06. The van der Waals surface area contributed by atoms with E-state index in [0.29, 0.717) is 25.4 Å². The Morgan fingerprint density at radius 2 is 2.33 bits per heavy atom. The Labute approximate surface area is 74.3 Å². The van der Waals surface area contributed by atoms with Crippen molar-refractivity contribution in [3.63, 3.8) is 0 Å². The summed E-state index contributed by atoms with van der Waals surface area (Å²) < 4.78 is 4.87. The second kappa shape index (κ2) is 6.72. The lowest BCUT2D eigenvalue weighted by Gasteiger charge is -2.06. The van der Waals surface area contributed by atoms with Crippen LogP contribution in [-0.4, -0.2) is 12.6 Å². The summed E-state index contributed by atoms with van der Waals surface area (Å²) in [6, 6.07) is 0. The van der Waals surface area contributed by atoms with Crippen LogP contribution in [0.3, 0.4) is 0 Å². The molecule has 0 amide bonds. The molecule has 0 spiro atoms. The molecule has 0 unspecified atom stereocenters. The smallest absolute Gasteiger partial charge is 0.306 e. The van der Waals surface area contributed by atoms with Crippen LogP contribution < -0.4 is 0 Å². The summed E-state index contributed by atoms with van der Waals surface area (Å²) in [6.45, 7) is 4.44. The van der Waals surface area contributed by atoms with Gasteiger partial charge in [0.05, 0.1) is 0 Å². The summed E-state index contributed by atoms with van der Waals surface area (Å²) in [4.78, 5) is 11.0. The zero-order chi connectivity index (χ0) is 9.40. The highest BCUT2D eigenvalue weighted by atomic mass is 16.5. The number of ether oxygens (including phenoxy) is 1. The Hall–Kier alpha value is -0.970. The van der Waals surface area contributed by atoms with E-state index >= 15 is 0 Å². The van der Waals surface area contributed by atoms with Crippen molar-refractivity contribution >= 4 is 5.97 Å². The Balaban J connectivity index is 3.41. The molecule has 0 aliphatic carbocycles. The summed E-state index contributed by atoms with van der Waals surface area (Å²) in [7, 11) is 0. The van der Waals surface area contributed by atoms with Gasteiger partial charge < -0.3 is 4.74 Å². The average Bonchev–Trinajstić information content (AvgIpc) is 2.05.